The van der Waals surface area contributed by atoms with Gasteiger partial charge in [-0.1, -0.05) is 30.4 Å². The number of hydrogen-bond donors (Lipinski definition) is 1. The van der Waals surface area contributed by atoms with Crippen molar-refractivity contribution in [3.05, 3.63) is 58.1 Å². The Morgan fingerprint density at radius 1 is 1.25 bits per heavy atom. The Kier molecular flexibility index (Phi) is 4.78. The first-order valence-corrected chi connectivity index (χ1v) is 7.67. The Hall–Kier alpha value is -1.39. The van der Waals surface area contributed by atoms with Gasteiger partial charge in [0.15, 0.2) is 0 Å². The highest BCUT2D eigenvalue weighted by Gasteiger charge is 2.15. The summed E-state index contributed by atoms with van der Waals surface area (Å²) in [7, 11) is 0. The molecule has 2 aromatic rings. The van der Waals surface area contributed by atoms with Gasteiger partial charge >= 0.3 is 0 Å². The molecule has 0 aliphatic heterocycles. The molecule has 2 N–H and O–H groups in total. The lowest BCUT2D eigenvalue weighted by Gasteiger charge is -2.26. The molecular weight excluding hydrogens is 332 g/mol. The van der Waals surface area contributed by atoms with Crippen molar-refractivity contribution >= 4 is 44.5 Å². The SMILES string of the molecule is CCN(c1cccc(C)c1)c1cccc(Br)c1C(N)=S. The molecule has 0 spiro atoms. The van der Waals surface area contributed by atoms with E-state index in [2.05, 4.69) is 58.9 Å². The van der Waals surface area contributed by atoms with Crippen molar-refractivity contribution in [1.82, 2.24) is 0 Å². The van der Waals surface area contributed by atoms with Crippen LogP contribution in [-0.2, 0) is 0 Å². The predicted octanol–water partition coefficient (Wildman–Crippen LogP) is 4.55. The fraction of sp³-hybridized carbons (Fsp3) is 0.188. The van der Waals surface area contributed by atoms with Crippen LogP contribution in [0.25, 0.3) is 0 Å². The van der Waals surface area contributed by atoms with Crippen LogP contribution in [0.1, 0.15) is 18.1 Å². The van der Waals surface area contributed by atoms with Gasteiger partial charge in [-0.3, -0.25) is 0 Å². The molecule has 0 amide bonds. The topological polar surface area (TPSA) is 29.3 Å². The second-order valence-corrected chi connectivity index (χ2v) is 5.88. The molecule has 20 heavy (non-hydrogen) atoms. The molecule has 2 nitrogen and oxygen atoms in total. The Balaban J connectivity index is 2.58. The van der Waals surface area contributed by atoms with Gasteiger partial charge in [0.25, 0.3) is 0 Å². The molecule has 0 saturated carbocycles. The minimum absolute atomic E-state index is 0.401. The molecule has 2 rings (SSSR count). The van der Waals surface area contributed by atoms with Gasteiger partial charge in [0.2, 0.25) is 0 Å². The van der Waals surface area contributed by atoms with Gasteiger partial charge in [0, 0.05) is 22.3 Å². The minimum Gasteiger partial charge on any atom is -0.389 e. The van der Waals surface area contributed by atoms with Crippen molar-refractivity contribution in [2.75, 3.05) is 11.4 Å². The molecule has 0 atom stereocenters. The molecule has 104 valence electrons. The Bertz CT molecular complexity index is 640. The summed E-state index contributed by atoms with van der Waals surface area (Å²) in [6, 6.07) is 14.4. The smallest absolute Gasteiger partial charge is 0.107 e. The minimum atomic E-state index is 0.401. The molecule has 0 aromatic heterocycles. The number of hydrogen-bond acceptors (Lipinski definition) is 2. The number of anilines is 2. The van der Waals surface area contributed by atoms with Crippen LogP contribution >= 0.6 is 28.1 Å². The van der Waals surface area contributed by atoms with Gasteiger partial charge in [0.1, 0.15) is 4.99 Å². The monoisotopic (exact) mass is 348 g/mol. The second-order valence-electron chi connectivity index (χ2n) is 4.58. The molecule has 0 fully saturated rings. The Morgan fingerprint density at radius 3 is 2.55 bits per heavy atom. The highest BCUT2D eigenvalue weighted by molar-refractivity contribution is 9.10. The van der Waals surface area contributed by atoms with Gasteiger partial charge in [-0.25, -0.2) is 0 Å². The van der Waals surface area contributed by atoms with E-state index in [0.717, 1.165) is 28.0 Å². The van der Waals surface area contributed by atoms with Gasteiger partial charge in [-0.2, -0.15) is 0 Å². The first kappa shape index (κ1) is 15.0. The van der Waals surface area contributed by atoms with Crippen LogP contribution in [0, 0.1) is 6.92 Å². The number of rotatable bonds is 4. The highest BCUT2D eigenvalue weighted by Crippen LogP contribution is 2.32. The van der Waals surface area contributed by atoms with E-state index in [9.17, 15) is 0 Å². The van der Waals surface area contributed by atoms with Gasteiger partial charge < -0.3 is 10.6 Å². The summed E-state index contributed by atoms with van der Waals surface area (Å²) >= 11 is 8.74. The molecule has 0 unspecified atom stereocenters. The van der Waals surface area contributed by atoms with E-state index >= 15 is 0 Å². The molecule has 0 saturated heterocycles. The molecule has 4 heteroatoms. The summed E-state index contributed by atoms with van der Waals surface area (Å²) in [5.74, 6) is 0. The molecule has 0 bridgehead atoms. The van der Waals surface area contributed by atoms with Gasteiger partial charge in [-0.05, 0) is 59.6 Å². The predicted molar refractivity (Wildman–Crippen MR) is 93.9 cm³/mol. The van der Waals surface area contributed by atoms with Crippen molar-refractivity contribution in [1.29, 1.82) is 0 Å². The zero-order chi connectivity index (χ0) is 14.7. The van der Waals surface area contributed by atoms with Crippen LogP contribution in [0.15, 0.2) is 46.9 Å². The summed E-state index contributed by atoms with van der Waals surface area (Å²) in [4.78, 5) is 2.62. The van der Waals surface area contributed by atoms with Crippen molar-refractivity contribution in [2.45, 2.75) is 13.8 Å². The van der Waals surface area contributed by atoms with Crippen LogP contribution in [0.2, 0.25) is 0 Å². The molecular formula is C16H17BrN2S. The normalized spacial score (nSPS) is 10.3. The number of benzene rings is 2. The molecule has 0 radical (unpaired) electrons. The molecule has 0 heterocycles. The number of aryl methyl sites for hydroxylation is 1. The molecule has 0 aliphatic rings. The summed E-state index contributed by atoms with van der Waals surface area (Å²) in [6.07, 6.45) is 0. The maximum absolute atomic E-state index is 5.89. The zero-order valence-corrected chi connectivity index (χ0v) is 14.0. The van der Waals surface area contributed by atoms with Crippen LogP contribution < -0.4 is 10.6 Å². The van der Waals surface area contributed by atoms with Crippen LogP contribution in [-0.4, -0.2) is 11.5 Å². The van der Waals surface area contributed by atoms with Crippen molar-refractivity contribution in [3.8, 4) is 0 Å². The second kappa shape index (κ2) is 6.37. The summed E-state index contributed by atoms with van der Waals surface area (Å²) < 4.78 is 0.925. The first-order chi connectivity index (χ1) is 9.54. The van der Waals surface area contributed by atoms with E-state index in [1.54, 1.807) is 0 Å². The van der Waals surface area contributed by atoms with Crippen molar-refractivity contribution in [3.63, 3.8) is 0 Å². The molecule has 2 aromatic carbocycles. The third-order valence-corrected chi connectivity index (χ3v) is 4.02. The van der Waals surface area contributed by atoms with Crippen LogP contribution in [0.4, 0.5) is 11.4 Å². The Labute approximate surface area is 133 Å². The fourth-order valence-electron chi connectivity index (χ4n) is 2.27. The average Bonchev–Trinajstić information content (AvgIpc) is 2.39. The van der Waals surface area contributed by atoms with Crippen molar-refractivity contribution < 1.29 is 0 Å². The van der Waals surface area contributed by atoms with E-state index in [1.807, 2.05) is 18.2 Å². The van der Waals surface area contributed by atoms with E-state index in [0.29, 0.717) is 4.99 Å². The lowest BCUT2D eigenvalue weighted by Crippen LogP contribution is -2.21. The maximum atomic E-state index is 5.89. The number of halogens is 1. The summed E-state index contributed by atoms with van der Waals surface area (Å²) in [5, 5.41) is 0. The maximum Gasteiger partial charge on any atom is 0.107 e. The van der Waals surface area contributed by atoms with Crippen LogP contribution in [0.5, 0.6) is 0 Å². The third kappa shape index (κ3) is 3.02. The molecule has 0 aliphatic carbocycles. The summed E-state index contributed by atoms with van der Waals surface area (Å²) in [6.45, 7) is 5.05. The largest absolute Gasteiger partial charge is 0.389 e. The van der Waals surface area contributed by atoms with Crippen LogP contribution in [0.3, 0.4) is 0 Å². The van der Waals surface area contributed by atoms with E-state index in [-0.39, 0.29) is 0 Å². The zero-order valence-electron chi connectivity index (χ0n) is 11.6. The third-order valence-electron chi connectivity index (χ3n) is 3.16. The van der Waals surface area contributed by atoms with E-state index in [4.69, 9.17) is 18.0 Å². The standard InChI is InChI=1S/C16H17BrN2S/c1-3-19(12-7-4-6-11(2)10-12)14-9-5-8-13(17)15(14)16(18)20/h4-10H,3H2,1-2H3,(H2,18,20). The Morgan fingerprint density at radius 2 is 1.95 bits per heavy atom. The number of nitrogens with two attached hydrogens (primary N) is 1. The van der Waals surface area contributed by atoms with Gasteiger partial charge in [-0.15, -0.1) is 0 Å². The lowest BCUT2D eigenvalue weighted by atomic mass is 10.1. The quantitative estimate of drug-likeness (QED) is 0.821. The summed E-state index contributed by atoms with van der Waals surface area (Å²) in [5.41, 5.74) is 10.2. The van der Waals surface area contributed by atoms with Crippen molar-refractivity contribution in [2.24, 2.45) is 5.73 Å². The first-order valence-electron chi connectivity index (χ1n) is 6.47. The lowest BCUT2D eigenvalue weighted by molar-refractivity contribution is 1.02. The van der Waals surface area contributed by atoms with Gasteiger partial charge in [0.05, 0.1) is 5.69 Å². The van der Waals surface area contributed by atoms with E-state index < -0.39 is 0 Å². The highest BCUT2D eigenvalue weighted by atomic mass is 79.9. The number of nitrogens with zero attached hydrogens (tertiary/aromatic N) is 1. The average molecular weight is 349 g/mol. The fourth-order valence-corrected chi connectivity index (χ4v) is 3.18. The van der Waals surface area contributed by atoms with E-state index in [1.165, 1.54) is 5.56 Å². The number of thiocarbonyl (C=S) groups is 1.